The third-order valence-electron chi connectivity index (χ3n) is 4.67. The summed E-state index contributed by atoms with van der Waals surface area (Å²) in [5, 5.41) is 7.04. The molecule has 8 heteroatoms. The molecule has 0 spiro atoms. The van der Waals surface area contributed by atoms with E-state index in [4.69, 9.17) is 4.42 Å². The molecule has 0 aliphatic carbocycles. The van der Waals surface area contributed by atoms with Crippen LogP contribution in [0, 0.1) is 0 Å². The van der Waals surface area contributed by atoms with E-state index in [-0.39, 0.29) is 30.0 Å². The van der Waals surface area contributed by atoms with Gasteiger partial charge in [0, 0.05) is 19.3 Å². The van der Waals surface area contributed by atoms with E-state index in [0.717, 1.165) is 10.0 Å². The highest BCUT2D eigenvalue weighted by molar-refractivity contribution is 9.10. The Morgan fingerprint density at radius 1 is 1.25 bits per heavy atom. The summed E-state index contributed by atoms with van der Waals surface area (Å²) in [6.45, 7) is 1.27. The van der Waals surface area contributed by atoms with Crippen LogP contribution in [0.15, 0.2) is 63.7 Å². The Kier molecular flexibility index (Phi) is 5.29. The van der Waals surface area contributed by atoms with Gasteiger partial charge in [0.15, 0.2) is 5.76 Å². The van der Waals surface area contributed by atoms with Gasteiger partial charge in [-0.3, -0.25) is 14.3 Å². The largest absolute Gasteiger partial charge is 0.454 e. The molecule has 1 fully saturated rings. The summed E-state index contributed by atoms with van der Waals surface area (Å²) in [7, 11) is 0. The van der Waals surface area contributed by atoms with Gasteiger partial charge in [0.2, 0.25) is 5.91 Å². The number of amides is 2. The lowest BCUT2D eigenvalue weighted by Crippen LogP contribution is -2.36. The molecular formula is C20H19BrN4O3. The van der Waals surface area contributed by atoms with Crippen LogP contribution < -0.4 is 5.32 Å². The van der Waals surface area contributed by atoms with Gasteiger partial charge in [-0.25, -0.2) is 0 Å². The summed E-state index contributed by atoms with van der Waals surface area (Å²) in [5.74, 6) is 0.613. The molecule has 28 heavy (non-hydrogen) atoms. The Morgan fingerprint density at radius 2 is 2.07 bits per heavy atom. The average molecular weight is 443 g/mol. The summed E-state index contributed by atoms with van der Waals surface area (Å²) in [5.41, 5.74) is 0.932. The number of hydrogen-bond donors (Lipinski definition) is 1. The highest BCUT2D eigenvalue weighted by Gasteiger charge is 2.31. The van der Waals surface area contributed by atoms with E-state index in [1.807, 2.05) is 36.5 Å². The fraction of sp³-hybridized carbons (Fsp3) is 0.250. The van der Waals surface area contributed by atoms with Crippen molar-refractivity contribution >= 4 is 27.7 Å². The number of carbonyl (C=O) groups is 2. The van der Waals surface area contributed by atoms with Gasteiger partial charge in [0.05, 0.1) is 29.7 Å². The number of furan rings is 1. The van der Waals surface area contributed by atoms with Crippen LogP contribution in [-0.2, 0) is 11.3 Å². The summed E-state index contributed by atoms with van der Waals surface area (Å²) >= 11 is 3.36. The minimum atomic E-state index is -0.327. The van der Waals surface area contributed by atoms with Crippen LogP contribution in [0.3, 0.4) is 0 Å². The topological polar surface area (TPSA) is 80.4 Å². The number of rotatable bonds is 4. The van der Waals surface area contributed by atoms with E-state index in [0.29, 0.717) is 25.4 Å². The molecular weight excluding hydrogens is 424 g/mol. The van der Waals surface area contributed by atoms with Crippen LogP contribution in [0.1, 0.15) is 34.3 Å². The average Bonchev–Trinajstić information content (AvgIpc) is 3.28. The first-order valence-corrected chi connectivity index (χ1v) is 9.79. The van der Waals surface area contributed by atoms with E-state index < -0.39 is 0 Å². The van der Waals surface area contributed by atoms with Crippen LogP contribution in [-0.4, -0.2) is 39.6 Å². The summed E-state index contributed by atoms with van der Waals surface area (Å²) in [6, 6.07) is 12.7. The molecule has 1 aromatic carbocycles. The van der Waals surface area contributed by atoms with Crippen molar-refractivity contribution in [3.8, 4) is 0 Å². The first-order chi connectivity index (χ1) is 13.6. The number of carbonyl (C=O) groups excluding carboxylic acids is 2. The van der Waals surface area contributed by atoms with Crippen molar-refractivity contribution in [1.29, 1.82) is 0 Å². The van der Waals surface area contributed by atoms with E-state index >= 15 is 0 Å². The highest BCUT2D eigenvalue weighted by atomic mass is 79.9. The smallest absolute Gasteiger partial charge is 0.290 e. The Bertz CT molecular complexity index is 982. The van der Waals surface area contributed by atoms with Crippen LogP contribution in [0.5, 0.6) is 0 Å². The number of nitrogens with zero attached hydrogens (tertiary/aromatic N) is 3. The molecule has 1 unspecified atom stereocenters. The van der Waals surface area contributed by atoms with Crippen molar-refractivity contribution in [2.24, 2.45) is 0 Å². The minimum Gasteiger partial charge on any atom is -0.454 e. The van der Waals surface area contributed by atoms with Crippen molar-refractivity contribution in [2.75, 3.05) is 13.1 Å². The SMILES string of the molecule is O=C1CC(c2ccccc2)N(C(=O)c2ccc(Cn3cc(Br)cn3)o2)CCN1. The van der Waals surface area contributed by atoms with Crippen LogP contribution in [0.25, 0.3) is 0 Å². The number of benzene rings is 1. The summed E-state index contributed by atoms with van der Waals surface area (Å²) < 4.78 is 8.39. The maximum atomic E-state index is 13.2. The molecule has 3 heterocycles. The molecule has 1 N–H and O–H groups in total. The number of hydrogen-bond acceptors (Lipinski definition) is 4. The molecule has 2 amide bonds. The van der Waals surface area contributed by atoms with Crippen molar-refractivity contribution in [3.63, 3.8) is 0 Å². The molecule has 4 rings (SSSR count). The number of halogens is 1. The van der Waals surface area contributed by atoms with Gasteiger partial charge in [-0.1, -0.05) is 30.3 Å². The quantitative estimate of drug-likeness (QED) is 0.673. The molecule has 1 aliphatic heterocycles. The fourth-order valence-corrected chi connectivity index (χ4v) is 3.68. The van der Waals surface area contributed by atoms with Gasteiger partial charge in [0.25, 0.3) is 5.91 Å². The zero-order chi connectivity index (χ0) is 19.5. The molecule has 1 saturated heterocycles. The molecule has 0 radical (unpaired) electrons. The molecule has 0 bridgehead atoms. The Hall–Kier alpha value is -2.87. The van der Waals surface area contributed by atoms with Crippen LogP contribution >= 0.6 is 15.9 Å². The van der Waals surface area contributed by atoms with Crippen molar-refractivity contribution in [1.82, 2.24) is 20.0 Å². The van der Waals surface area contributed by atoms with Crippen molar-refractivity contribution in [2.45, 2.75) is 19.0 Å². The molecule has 2 aromatic heterocycles. The van der Waals surface area contributed by atoms with Gasteiger partial charge in [-0.2, -0.15) is 5.10 Å². The molecule has 0 saturated carbocycles. The lowest BCUT2D eigenvalue weighted by Gasteiger charge is -2.28. The predicted molar refractivity (Wildman–Crippen MR) is 106 cm³/mol. The van der Waals surface area contributed by atoms with Gasteiger partial charge in [-0.05, 0) is 33.6 Å². The van der Waals surface area contributed by atoms with Crippen LogP contribution in [0.4, 0.5) is 0 Å². The first kappa shape index (κ1) is 18.5. The number of aromatic nitrogens is 2. The lowest BCUT2D eigenvalue weighted by molar-refractivity contribution is -0.121. The second kappa shape index (κ2) is 8.02. The Morgan fingerprint density at radius 3 is 2.82 bits per heavy atom. The third-order valence-corrected chi connectivity index (χ3v) is 5.08. The zero-order valence-electron chi connectivity index (χ0n) is 15.0. The Labute approximate surface area is 170 Å². The van der Waals surface area contributed by atoms with E-state index in [1.165, 1.54) is 0 Å². The molecule has 7 nitrogen and oxygen atoms in total. The first-order valence-electron chi connectivity index (χ1n) is 8.99. The van der Waals surface area contributed by atoms with E-state index in [9.17, 15) is 9.59 Å². The van der Waals surface area contributed by atoms with Gasteiger partial charge in [0.1, 0.15) is 5.76 Å². The van der Waals surface area contributed by atoms with Gasteiger partial charge < -0.3 is 14.6 Å². The second-order valence-corrected chi connectivity index (χ2v) is 7.52. The maximum absolute atomic E-state index is 13.2. The second-order valence-electron chi connectivity index (χ2n) is 6.60. The zero-order valence-corrected chi connectivity index (χ0v) is 16.6. The van der Waals surface area contributed by atoms with E-state index in [2.05, 4.69) is 26.3 Å². The lowest BCUT2D eigenvalue weighted by atomic mass is 10.0. The highest BCUT2D eigenvalue weighted by Crippen LogP contribution is 2.27. The third kappa shape index (κ3) is 4.01. The molecule has 1 atom stereocenters. The summed E-state index contributed by atoms with van der Waals surface area (Å²) in [4.78, 5) is 27.0. The molecule has 1 aliphatic rings. The van der Waals surface area contributed by atoms with Gasteiger partial charge >= 0.3 is 0 Å². The van der Waals surface area contributed by atoms with Crippen molar-refractivity contribution in [3.05, 3.63) is 76.4 Å². The molecule has 3 aromatic rings. The fourth-order valence-electron chi connectivity index (χ4n) is 3.35. The van der Waals surface area contributed by atoms with E-state index in [1.54, 1.807) is 27.9 Å². The summed E-state index contributed by atoms with van der Waals surface area (Å²) in [6.07, 6.45) is 3.76. The minimum absolute atomic E-state index is 0.0615. The Balaban J connectivity index is 1.57. The van der Waals surface area contributed by atoms with Gasteiger partial charge in [-0.15, -0.1) is 0 Å². The standard InChI is InChI=1S/C20H19BrN4O3/c21-15-11-23-24(12-15)13-16-6-7-18(28-16)20(27)25-9-8-22-19(26)10-17(25)14-4-2-1-3-5-14/h1-7,11-12,17H,8-10,13H2,(H,22,26). The molecule has 144 valence electrons. The van der Waals surface area contributed by atoms with Crippen LogP contribution in [0.2, 0.25) is 0 Å². The number of nitrogens with one attached hydrogen (secondary N) is 1. The maximum Gasteiger partial charge on any atom is 0.290 e. The van der Waals surface area contributed by atoms with Crippen molar-refractivity contribution < 1.29 is 14.0 Å². The predicted octanol–water partition coefficient (Wildman–Crippen LogP) is 2.99. The normalized spacial score (nSPS) is 17.2. The monoisotopic (exact) mass is 442 g/mol.